The lowest BCUT2D eigenvalue weighted by molar-refractivity contribution is 1.24. The first kappa shape index (κ1) is 12.7. The summed E-state index contributed by atoms with van der Waals surface area (Å²) in [5.74, 6) is 0.919. The third kappa shape index (κ3) is 2.39. The number of nitrogens with one attached hydrogen (secondary N) is 1. The van der Waals surface area contributed by atoms with Crippen LogP contribution >= 0.6 is 38.9 Å². The van der Waals surface area contributed by atoms with Crippen molar-refractivity contribution in [1.29, 1.82) is 0 Å². The first-order chi connectivity index (χ1) is 9.15. The van der Waals surface area contributed by atoms with E-state index in [2.05, 4.69) is 31.2 Å². The Labute approximate surface area is 126 Å². The molecule has 0 amide bonds. The number of nitrogens with zero attached hydrogens (tertiary/aromatic N) is 2. The number of benzene rings is 1. The molecule has 4 nitrogen and oxygen atoms in total. The summed E-state index contributed by atoms with van der Waals surface area (Å²) in [7, 11) is 0. The van der Waals surface area contributed by atoms with Gasteiger partial charge in [-0.3, -0.25) is 0 Å². The Bertz CT molecular complexity index is 759. The third-order valence-corrected chi connectivity index (χ3v) is 4.75. The molecule has 7 heteroatoms. The lowest BCUT2D eigenvalue weighted by Gasteiger charge is -2.10. The van der Waals surface area contributed by atoms with Gasteiger partial charge in [-0.05, 0) is 39.5 Å². The molecule has 0 saturated heterocycles. The number of halogens is 2. The normalized spacial score (nSPS) is 10.8. The molecule has 0 saturated carbocycles. The van der Waals surface area contributed by atoms with Gasteiger partial charge in [-0.2, -0.15) is 4.98 Å². The Balaban J connectivity index is 2.10. The maximum atomic E-state index is 6.07. The summed E-state index contributed by atoms with van der Waals surface area (Å²) in [6.07, 6.45) is 0. The molecule has 0 bridgehead atoms. The quantitative estimate of drug-likeness (QED) is 0.713. The average molecular weight is 356 g/mol. The zero-order valence-electron chi connectivity index (χ0n) is 9.52. The van der Waals surface area contributed by atoms with Gasteiger partial charge in [0.15, 0.2) is 0 Å². The minimum Gasteiger partial charge on any atom is -0.368 e. The van der Waals surface area contributed by atoms with Gasteiger partial charge in [-0.25, -0.2) is 4.98 Å². The van der Waals surface area contributed by atoms with Gasteiger partial charge in [0.25, 0.3) is 0 Å². The number of nitrogens with two attached hydrogens (primary N) is 1. The van der Waals surface area contributed by atoms with Gasteiger partial charge in [-0.15, -0.1) is 11.3 Å². The first-order valence-electron chi connectivity index (χ1n) is 5.37. The van der Waals surface area contributed by atoms with E-state index in [1.54, 1.807) is 0 Å². The highest BCUT2D eigenvalue weighted by Gasteiger charge is 2.10. The Kier molecular flexibility index (Phi) is 3.30. The van der Waals surface area contributed by atoms with Crippen molar-refractivity contribution in [2.75, 3.05) is 11.1 Å². The van der Waals surface area contributed by atoms with Crippen LogP contribution in [0.4, 0.5) is 17.5 Å². The van der Waals surface area contributed by atoms with Gasteiger partial charge in [0, 0.05) is 0 Å². The second kappa shape index (κ2) is 4.96. The molecule has 19 heavy (non-hydrogen) atoms. The zero-order chi connectivity index (χ0) is 13.4. The van der Waals surface area contributed by atoms with Crippen molar-refractivity contribution in [1.82, 2.24) is 9.97 Å². The van der Waals surface area contributed by atoms with Crippen LogP contribution in [0.2, 0.25) is 5.02 Å². The molecule has 3 rings (SSSR count). The van der Waals surface area contributed by atoms with E-state index in [4.69, 9.17) is 17.3 Å². The smallest absolute Gasteiger partial charge is 0.223 e. The minimum atomic E-state index is 0.246. The first-order valence-corrected chi connectivity index (χ1v) is 7.42. The fraction of sp³-hybridized carbons (Fsp3) is 0. The van der Waals surface area contributed by atoms with Crippen LogP contribution in [0.15, 0.2) is 34.1 Å². The van der Waals surface area contributed by atoms with Gasteiger partial charge >= 0.3 is 0 Å². The van der Waals surface area contributed by atoms with Crippen LogP contribution in [-0.4, -0.2) is 9.97 Å². The van der Waals surface area contributed by atoms with E-state index in [0.717, 1.165) is 20.4 Å². The van der Waals surface area contributed by atoms with Crippen LogP contribution in [-0.2, 0) is 0 Å². The highest BCUT2D eigenvalue weighted by atomic mass is 79.9. The number of hydrogen-bond donors (Lipinski definition) is 2. The second-order valence-electron chi connectivity index (χ2n) is 3.80. The highest BCUT2D eigenvalue weighted by molar-refractivity contribution is 9.10. The van der Waals surface area contributed by atoms with Gasteiger partial charge in [0.1, 0.15) is 10.6 Å². The maximum absolute atomic E-state index is 6.07. The zero-order valence-corrected chi connectivity index (χ0v) is 12.7. The van der Waals surface area contributed by atoms with Crippen molar-refractivity contribution in [2.45, 2.75) is 0 Å². The largest absolute Gasteiger partial charge is 0.368 e. The Morgan fingerprint density at radius 2 is 2.11 bits per heavy atom. The summed E-state index contributed by atoms with van der Waals surface area (Å²) in [4.78, 5) is 9.28. The number of hydrogen-bond acceptors (Lipinski definition) is 5. The molecule has 0 aliphatic carbocycles. The van der Waals surface area contributed by atoms with E-state index in [1.165, 1.54) is 11.3 Å². The van der Waals surface area contributed by atoms with Crippen LogP contribution in [0.5, 0.6) is 0 Å². The number of rotatable bonds is 2. The van der Waals surface area contributed by atoms with E-state index in [9.17, 15) is 0 Å². The number of anilines is 3. The Morgan fingerprint density at radius 1 is 1.26 bits per heavy atom. The molecule has 3 N–H and O–H groups in total. The number of aromatic nitrogens is 2. The van der Waals surface area contributed by atoms with Crippen LogP contribution < -0.4 is 11.1 Å². The molecule has 96 valence electrons. The fourth-order valence-electron chi connectivity index (χ4n) is 1.70. The molecule has 0 aliphatic rings. The summed E-state index contributed by atoms with van der Waals surface area (Å²) in [6.45, 7) is 0. The maximum Gasteiger partial charge on any atom is 0.223 e. The Hall–Kier alpha value is -1.37. The van der Waals surface area contributed by atoms with E-state index >= 15 is 0 Å². The molecular weight excluding hydrogens is 348 g/mol. The van der Waals surface area contributed by atoms with E-state index in [1.807, 2.05) is 29.6 Å². The van der Waals surface area contributed by atoms with Crippen LogP contribution in [0.25, 0.3) is 10.2 Å². The molecule has 0 unspecified atom stereocenters. The predicted octanol–water partition coefficient (Wildman–Crippen LogP) is 4.43. The Morgan fingerprint density at radius 3 is 2.95 bits per heavy atom. The molecule has 1 aromatic carbocycles. The van der Waals surface area contributed by atoms with Gasteiger partial charge in [0.05, 0.1) is 20.6 Å². The van der Waals surface area contributed by atoms with Crippen molar-refractivity contribution in [3.63, 3.8) is 0 Å². The SMILES string of the molecule is Nc1nc(Nc2cccc(Cl)c2Br)c2ccsc2n1. The summed E-state index contributed by atoms with van der Waals surface area (Å²) in [5, 5.41) is 6.75. The van der Waals surface area contributed by atoms with Crippen molar-refractivity contribution in [2.24, 2.45) is 0 Å². The van der Waals surface area contributed by atoms with E-state index in [-0.39, 0.29) is 5.95 Å². The van der Waals surface area contributed by atoms with Crippen molar-refractivity contribution >= 4 is 66.5 Å². The lowest BCUT2D eigenvalue weighted by Crippen LogP contribution is -2.00. The van der Waals surface area contributed by atoms with Gasteiger partial charge in [-0.1, -0.05) is 17.7 Å². The molecule has 0 fully saturated rings. The monoisotopic (exact) mass is 354 g/mol. The molecule has 3 aromatic rings. The van der Waals surface area contributed by atoms with Crippen molar-refractivity contribution in [3.05, 3.63) is 39.1 Å². The second-order valence-corrected chi connectivity index (χ2v) is 5.89. The molecule has 2 heterocycles. The van der Waals surface area contributed by atoms with Gasteiger partial charge < -0.3 is 11.1 Å². The molecule has 0 spiro atoms. The van der Waals surface area contributed by atoms with E-state index < -0.39 is 0 Å². The fourth-order valence-corrected chi connectivity index (χ4v) is 3.00. The lowest BCUT2D eigenvalue weighted by atomic mass is 10.3. The molecule has 2 aromatic heterocycles. The molecule has 0 radical (unpaired) electrons. The minimum absolute atomic E-state index is 0.246. The number of fused-ring (bicyclic) bond motifs is 1. The number of nitrogen functional groups attached to an aromatic ring is 1. The third-order valence-electron chi connectivity index (χ3n) is 2.55. The van der Waals surface area contributed by atoms with Gasteiger partial charge in [0.2, 0.25) is 5.95 Å². The van der Waals surface area contributed by atoms with Crippen LogP contribution in [0.3, 0.4) is 0 Å². The summed E-state index contributed by atoms with van der Waals surface area (Å²) >= 11 is 11.0. The van der Waals surface area contributed by atoms with Crippen molar-refractivity contribution in [3.8, 4) is 0 Å². The summed E-state index contributed by atoms with van der Waals surface area (Å²) < 4.78 is 0.789. The van der Waals surface area contributed by atoms with E-state index in [0.29, 0.717) is 10.8 Å². The highest BCUT2D eigenvalue weighted by Crippen LogP contribution is 2.34. The molecular formula is C12H8BrClN4S. The summed E-state index contributed by atoms with van der Waals surface area (Å²) in [6, 6.07) is 7.54. The van der Waals surface area contributed by atoms with Crippen molar-refractivity contribution < 1.29 is 0 Å². The van der Waals surface area contributed by atoms with Crippen LogP contribution in [0.1, 0.15) is 0 Å². The molecule has 0 atom stereocenters. The topological polar surface area (TPSA) is 63.8 Å². The summed E-state index contributed by atoms with van der Waals surface area (Å²) in [5.41, 5.74) is 6.54. The standard InChI is InChI=1S/C12H8BrClN4S/c13-9-7(14)2-1-3-8(9)16-10-6-4-5-19-11(6)18-12(15)17-10/h1-5H,(H3,15,16,17,18). The van der Waals surface area contributed by atoms with Crippen LogP contribution in [0, 0.1) is 0 Å². The predicted molar refractivity (Wildman–Crippen MR) is 84.3 cm³/mol. The molecule has 0 aliphatic heterocycles. The number of thiophene rings is 1. The average Bonchev–Trinajstić information content (AvgIpc) is 2.83.